The van der Waals surface area contributed by atoms with Crippen molar-refractivity contribution in [3.05, 3.63) is 36.7 Å². The molecule has 0 atom stereocenters. The highest BCUT2D eigenvalue weighted by Crippen LogP contribution is 2.24. The third kappa shape index (κ3) is 3.71. The number of carbonyl (C=O) groups excluding carboxylic acids is 1. The zero-order valence-corrected chi connectivity index (χ0v) is 14.6. The lowest BCUT2D eigenvalue weighted by molar-refractivity contribution is -0.118. The summed E-state index contributed by atoms with van der Waals surface area (Å²) in [6.07, 6.45) is 3.63. The van der Waals surface area contributed by atoms with Crippen molar-refractivity contribution < 1.29 is 9.53 Å². The number of rotatable bonds is 4. The van der Waals surface area contributed by atoms with Gasteiger partial charge in [-0.1, -0.05) is 17.3 Å². The number of nitrogens with one attached hydrogen (secondary N) is 1. The van der Waals surface area contributed by atoms with Crippen LogP contribution in [0.1, 0.15) is 0 Å². The van der Waals surface area contributed by atoms with Crippen molar-refractivity contribution in [2.45, 2.75) is 0 Å². The summed E-state index contributed by atoms with van der Waals surface area (Å²) in [6.45, 7) is 3.25. The molecule has 0 radical (unpaired) electrons. The van der Waals surface area contributed by atoms with Crippen LogP contribution in [-0.2, 0) is 16.6 Å². The van der Waals surface area contributed by atoms with Gasteiger partial charge in [-0.3, -0.25) is 14.4 Å². The molecule has 1 aromatic carbocycles. The molecular formula is C18H20N6O2. The Morgan fingerprint density at radius 2 is 2.08 bits per heavy atom. The summed E-state index contributed by atoms with van der Waals surface area (Å²) in [5.74, 6) is 0.482. The van der Waals surface area contributed by atoms with Gasteiger partial charge < -0.3 is 10.1 Å². The Hall–Kier alpha value is -2.84. The second-order valence-electron chi connectivity index (χ2n) is 6.35. The number of pyridine rings is 1. The molecule has 1 fully saturated rings. The minimum atomic E-state index is -0.0659. The van der Waals surface area contributed by atoms with Crippen LogP contribution >= 0.6 is 0 Å². The van der Waals surface area contributed by atoms with E-state index in [0.717, 1.165) is 35.1 Å². The quantitative estimate of drug-likeness (QED) is 0.762. The van der Waals surface area contributed by atoms with Gasteiger partial charge in [-0.2, -0.15) is 0 Å². The summed E-state index contributed by atoms with van der Waals surface area (Å²) in [6, 6.07) is 7.89. The van der Waals surface area contributed by atoms with Crippen LogP contribution in [0.15, 0.2) is 36.7 Å². The standard InChI is InChI=1S/C18H20N6O2/c1-23-11-16(21-22-23)13-2-3-14-10-19-17(9-15(14)8-13)20-18(25)12-24-4-6-26-7-5-24/h2-3,8-11H,4-7,12H2,1H3,(H,19,20,25). The topological polar surface area (TPSA) is 85.2 Å². The number of amides is 1. The molecule has 1 aliphatic rings. The molecule has 1 amide bonds. The van der Waals surface area contributed by atoms with Gasteiger partial charge in [0.1, 0.15) is 11.5 Å². The number of morpholine rings is 1. The first-order valence-corrected chi connectivity index (χ1v) is 8.54. The van der Waals surface area contributed by atoms with Crippen molar-refractivity contribution in [1.82, 2.24) is 24.9 Å². The second-order valence-corrected chi connectivity index (χ2v) is 6.35. The van der Waals surface area contributed by atoms with Gasteiger partial charge in [0.2, 0.25) is 5.91 Å². The third-order valence-corrected chi connectivity index (χ3v) is 4.36. The zero-order chi connectivity index (χ0) is 17.9. The minimum Gasteiger partial charge on any atom is -0.379 e. The van der Waals surface area contributed by atoms with Gasteiger partial charge in [0, 0.05) is 37.3 Å². The smallest absolute Gasteiger partial charge is 0.239 e. The van der Waals surface area contributed by atoms with Crippen LogP contribution in [0, 0.1) is 0 Å². The highest BCUT2D eigenvalue weighted by Gasteiger charge is 2.14. The van der Waals surface area contributed by atoms with E-state index in [0.29, 0.717) is 25.6 Å². The first kappa shape index (κ1) is 16.6. The van der Waals surface area contributed by atoms with E-state index in [9.17, 15) is 4.79 Å². The lowest BCUT2D eigenvalue weighted by Crippen LogP contribution is -2.41. The van der Waals surface area contributed by atoms with Crippen LogP contribution in [0.5, 0.6) is 0 Å². The number of aromatic nitrogens is 4. The summed E-state index contributed by atoms with van der Waals surface area (Å²) in [4.78, 5) is 18.7. The number of fused-ring (bicyclic) bond motifs is 1. The molecule has 8 heteroatoms. The van der Waals surface area contributed by atoms with Crippen LogP contribution in [0.2, 0.25) is 0 Å². The van der Waals surface area contributed by atoms with E-state index in [2.05, 4.69) is 25.5 Å². The summed E-state index contributed by atoms with van der Waals surface area (Å²) in [5.41, 5.74) is 1.78. The lowest BCUT2D eigenvalue weighted by atomic mass is 10.1. The summed E-state index contributed by atoms with van der Waals surface area (Å²) in [5, 5.41) is 13.0. The Morgan fingerprint density at radius 3 is 2.85 bits per heavy atom. The minimum absolute atomic E-state index is 0.0659. The van der Waals surface area contributed by atoms with E-state index in [1.807, 2.05) is 37.5 Å². The van der Waals surface area contributed by atoms with Gasteiger partial charge >= 0.3 is 0 Å². The van der Waals surface area contributed by atoms with Crippen LogP contribution in [-0.4, -0.2) is 63.6 Å². The third-order valence-electron chi connectivity index (χ3n) is 4.36. The Balaban J connectivity index is 1.51. The fraction of sp³-hybridized carbons (Fsp3) is 0.333. The molecule has 1 saturated heterocycles. The number of carbonyl (C=O) groups is 1. The van der Waals surface area contributed by atoms with E-state index >= 15 is 0 Å². The van der Waals surface area contributed by atoms with Gasteiger partial charge in [-0.05, 0) is 17.5 Å². The van der Waals surface area contributed by atoms with Crippen molar-refractivity contribution in [2.75, 3.05) is 38.2 Å². The molecular weight excluding hydrogens is 332 g/mol. The zero-order valence-electron chi connectivity index (χ0n) is 14.6. The normalized spacial score (nSPS) is 15.3. The van der Waals surface area contributed by atoms with E-state index in [1.165, 1.54) is 0 Å². The molecule has 26 heavy (non-hydrogen) atoms. The van der Waals surface area contributed by atoms with Gasteiger partial charge in [-0.25, -0.2) is 4.98 Å². The molecule has 0 aliphatic carbocycles. The molecule has 0 bridgehead atoms. The highest BCUT2D eigenvalue weighted by atomic mass is 16.5. The first-order chi connectivity index (χ1) is 12.7. The van der Waals surface area contributed by atoms with Gasteiger partial charge in [0.15, 0.2) is 0 Å². The predicted octanol–water partition coefficient (Wildman–Crippen LogP) is 1.30. The second kappa shape index (κ2) is 7.19. The molecule has 0 unspecified atom stereocenters. The van der Waals surface area contributed by atoms with Crippen molar-refractivity contribution in [1.29, 1.82) is 0 Å². The van der Waals surface area contributed by atoms with Crippen molar-refractivity contribution in [3.8, 4) is 11.3 Å². The molecule has 8 nitrogen and oxygen atoms in total. The van der Waals surface area contributed by atoms with Crippen LogP contribution < -0.4 is 5.32 Å². The Morgan fingerprint density at radius 1 is 1.23 bits per heavy atom. The Labute approximate surface area is 150 Å². The molecule has 0 saturated carbocycles. The molecule has 134 valence electrons. The molecule has 3 aromatic rings. The Kier molecular flexibility index (Phi) is 4.59. The van der Waals surface area contributed by atoms with Gasteiger partial charge in [0.25, 0.3) is 0 Å². The number of hydrogen-bond acceptors (Lipinski definition) is 6. The maximum Gasteiger partial charge on any atom is 0.239 e. The average Bonchev–Trinajstić information content (AvgIpc) is 3.08. The molecule has 4 rings (SSSR count). The fourth-order valence-corrected chi connectivity index (χ4v) is 2.99. The molecule has 1 aliphatic heterocycles. The number of aryl methyl sites for hydroxylation is 1. The van der Waals surface area contributed by atoms with E-state index in [-0.39, 0.29) is 5.91 Å². The summed E-state index contributed by atoms with van der Waals surface area (Å²) < 4.78 is 6.97. The fourth-order valence-electron chi connectivity index (χ4n) is 2.99. The number of benzene rings is 1. The van der Waals surface area contributed by atoms with Crippen molar-refractivity contribution in [3.63, 3.8) is 0 Å². The van der Waals surface area contributed by atoms with Crippen LogP contribution in [0.25, 0.3) is 22.0 Å². The molecule has 0 spiro atoms. The SMILES string of the molecule is Cn1cc(-c2ccc3cnc(NC(=O)CN4CCOCC4)cc3c2)nn1. The lowest BCUT2D eigenvalue weighted by Gasteiger charge is -2.25. The van der Waals surface area contributed by atoms with Gasteiger partial charge in [0.05, 0.1) is 26.0 Å². The average molecular weight is 352 g/mol. The summed E-state index contributed by atoms with van der Waals surface area (Å²) in [7, 11) is 1.84. The maximum atomic E-state index is 12.3. The van der Waals surface area contributed by atoms with Crippen LogP contribution in [0.3, 0.4) is 0 Å². The first-order valence-electron chi connectivity index (χ1n) is 8.54. The Bertz CT molecular complexity index is 932. The number of ether oxygens (including phenoxy) is 1. The largest absolute Gasteiger partial charge is 0.379 e. The van der Waals surface area contributed by atoms with Crippen LogP contribution in [0.4, 0.5) is 5.82 Å². The number of hydrogen-bond donors (Lipinski definition) is 1. The highest BCUT2D eigenvalue weighted by molar-refractivity contribution is 5.94. The number of nitrogens with zero attached hydrogens (tertiary/aromatic N) is 5. The van der Waals surface area contributed by atoms with E-state index in [1.54, 1.807) is 10.9 Å². The monoisotopic (exact) mass is 352 g/mol. The van der Waals surface area contributed by atoms with Crippen molar-refractivity contribution >= 4 is 22.5 Å². The maximum absolute atomic E-state index is 12.3. The molecule has 2 aromatic heterocycles. The van der Waals surface area contributed by atoms with E-state index < -0.39 is 0 Å². The van der Waals surface area contributed by atoms with Gasteiger partial charge in [-0.15, -0.1) is 5.10 Å². The molecule has 3 heterocycles. The van der Waals surface area contributed by atoms with Crippen molar-refractivity contribution in [2.24, 2.45) is 7.05 Å². The van der Waals surface area contributed by atoms with E-state index in [4.69, 9.17) is 4.74 Å². The predicted molar refractivity (Wildman–Crippen MR) is 97.6 cm³/mol. The summed E-state index contributed by atoms with van der Waals surface area (Å²) >= 11 is 0. The molecule has 1 N–H and O–H groups in total. The number of anilines is 1.